The molecular formula is C30H37FN4O3. The third-order valence-corrected chi connectivity index (χ3v) is 8.06. The Balaban J connectivity index is 1.36. The Kier molecular flexibility index (Phi) is 8.25. The largest absolute Gasteiger partial charge is 0.369 e. The van der Waals surface area contributed by atoms with Crippen molar-refractivity contribution in [1.29, 1.82) is 0 Å². The van der Waals surface area contributed by atoms with E-state index in [1.54, 1.807) is 17.0 Å². The number of rotatable bonds is 5. The molecule has 0 bridgehead atoms. The van der Waals surface area contributed by atoms with Gasteiger partial charge in [-0.05, 0) is 74.9 Å². The smallest absolute Gasteiger partial charge is 0.256 e. The van der Waals surface area contributed by atoms with Gasteiger partial charge in [-0.15, -0.1) is 0 Å². The van der Waals surface area contributed by atoms with Gasteiger partial charge in [-0.2, -0.15) is 0 Å². The van der Waals surface area contributed by atoms with Crippen LogP contribution in [0.25, 0.3) is 0 Å². The van der Waals surface area contributed by atoms with Gasteiger partial charge < -0.3 is 20.0 Å². The first-order valence-corrected chi connectivity index (χ1v) is 14.0. The van der Waals surface area contributed by atoms with Crippen molar-refractivity contribution in [3.05, 3.63) is 59.4 Å². The summed E-state index contributed by atoms with van der Waals surface area (Å²) in [6, 6.07) is 11.5. The summed E-state index contributed by atoms with van der Waals surface area (Å²) in [5.74, 6) is -0.529. The Morgan fingerprint density at radius 1 is 0.737 bits per heavy atom. The minimum atomic E-state index is -0.423. The predicted octanol–water partition coefficient (Wildman–Crippen LogP) is 4.93. The van der Waals surface area contributed by atoms with Crippen molar-refractivity contribution in [2.45, 2.75) is 51.4 Å². The Bertz CT molecular complexity index is 1170. The van der Waals surface area contributed by atoms with Gasteiger partial charge >= 0.3 is 0 Å². The molecule has 8 heteroatoms. The quantitative estimate of drug-likeness (QED) is 0.607. The summed E-state index contributed by atoms with van der Waals surface area (Å²) in [7, 11) is 0. The van der Waals surface area contributed by atoms with Crippen molar-refractivity contribution < 1.29 is 18.8 Å². The summed E-state index contributed by atoms with van der Waals surface area (Å²) in [5.41, 5.74) is 2.44. The molecule has 7 nitrogen and oxygen atoms in total. The van der Waals surface area contributed by atoms with Crippen molar-refractivity contribution >= 4 is 29.1 Å². The molecule has 2 aromatic carbocycles. The molecule has 0 spiro atoms. The minimum absolute atomic E-state index is 0.00592. The first-order valence-electron chi connectivity index (χ1n) is 14.0. The Morgan fingerprint density at radius 3 is 2.24 bits per heavy atom. The lowest BCUT2D eigenvalue weighted by Crippen LogP contribution is -2.38. The van der Waals surface area contributed by atoms with Crippen LogP contribution in [0.1, 0.15) is 72.1 Å². The number of halogens is 1. The number of carbonyl (C=O) groups excluding carboxylic acids is 3. The zero-order valence-electron chi connectivity index (χ0n) is 22.0. The molecule has 2 heterocycles. The fraction of sp³-hybridized carbons (Fsp3) is 0.500. The van der Waals surface area contributed by atoms with Gasteiger partial charge in [-0.3, -0.25) is 14.4 Å². The highest BCUT2D eigenvalue weighted by Crippen LogP contribution is 2.30. The molecule has 3 aliphatic rings. The Hall–Kier alpha value is -3.42. The molecule has 0 atom stereocenters. The minimum Gasteiger partial charge on any atom is -0.369 e. The normalized spacial score (nSPS) is 18.8. The fourth-order valence-corrected chi connectivity index (χ4v) is 5.93. The second kappa shape index (κ2) is 12.0. The lowest BCUT2D eigenvalue weighted by molar-refractivity contribution is -0.119. The molecule has 1 saturated carbocycles. The van der Waals surface area contributed by atoms with E-state index in [2.05, 4.69) is 10.2 Å². The number of piperidine rings is 1. The van der Waals surface area contributed by atoms with Crippen LogP contribution in [-0.4, -0.2) is 66.8 Å². The van der Waals surface area contributed by atoms with E-state index >= 15 is 0 Å². The maximum Gasteiger partial charge on any atom is 0.256 e. The molecule has 0 unspecified atom stereocenters. The van der Waals surface area contributed by atoms with E-state index in [-0.39, 0.29) is 23.6 Å². The van der Waals surface area contributed by atoms with Gasteiger partial charge in [0.15, 0.2) is 0 Å². The molecule has 3 amide bonds. The molecule has 0 aromatic heterocycles. The number of benzene rings is 2. The van der Waals surface area contributed by atoms with Crippen LogP contribution in [0.5, 0.6) is 0 Å². The van der Waals surface area contributed by atoms with Gasteiger partial charge in [0.2, 0.25) is 5.91 Å². The zero-order valence-corrected chi connectivity index (χ0v) is 22.0. The van der Waals surface area contributed by atoms with Crippen molar-refractivity contribution in [2.24, 2.45) is 5.92 Å². The SMILES string of the molecule is O=C(Nc1ccc(N2CCCN(C(=O)c3cccc(F)c3)CC2)c(C(=O)N2CCCCC2)c1)C1CCCC1. The van der Waals surface area contributed by atoms with Crippen LogP contribution in [0.2, 0.25) is 0 Å². The highest BCUT2D eigenvalue weighted by molar-refractivity contribution is 6.02. The van der Waals surface area contributed by atoms with Crippen LogP contribution < -0.4 is 10.2 Å². The first kappa shape index (κ1) is 26.2. The molecule has 2 aromatic rings. The number of nitrogens with zero attached hydrogens (tertiary/aromatic N) is 3. The molecule has 2 aliphatic heterocycles. The van der Waals surface area contributed by atoms with Gasteiger partial charge in [0.25, 0.3) is 11.8 Å². The first-order chi connectivity index (χ1) is 18.5. The van der Waals surface area contributed by atoms with Crippen LogP contribution in [0.3, 0.4) is 0 Å². The van der Waals surface area contributed by atoms with E-state index in [4.69, 9.17) is 0 Å². The molecule has 3 fully saturated rings. The Morgan fingerprint density at radius 2 is 1.47 bits per heavy atom. The van der Waals surface area contributed by atoms with E-state index < -0.39 is 5.82 Å². The summed E-state index contributed by atoms with van der Waals surface area (Å²) in [6.07, 6.45) is 7.88. The summed E-state index contributed by atoms with van der Waals surface area (Å²) in [4.78, 5) is 45.4. The third kappa shape index (κ3) is 6.00. The number of likely N-dealkylation sites (tertiary alicyclic amines) is 1. The van der Waals surface area contributed by atoms with Gasteiger partial charge in [-0.25, -0.2) is 4.39 Å². The maximum atomic E-state index is 13.7. The van der Waals surface area contributed by atoms with E-state index in [1.807, 2.05) is 23.1 Å². The number of amides is 3. The standard InChI is InChI=1S/C30H37FN4O3/c31-24-11-6-10-23(20-24)29(37)35-17-7-16-33(18-19-35)27-13-12-25(32-28(36)22-8-2-3-9-22)21-26(27)30(38)34-14-4-1-5-15-34/h6,10-13,20-22H,1-5,7-9,14-19H2,(H,32,36). The highest BCUT2D eigenvalue weighted by atomic mass is 19.1. The summed E-state index contributed by atoms with van der Waals surface area (Å²) in [6.45, 7) is 3.79. The Labute approximate surface area is 224 Å². The van der Waals surface area contributed by atoms with E-state index in [0.717, 1.165) is 70.1 Å². The van der Waals surface area contributed by atoms with Gasteiger partial charge in [0, 0.05) is 62.1 Å². The average molecular weight is 521 g/mol. The molecular weight excluding hydrogens is 483 g/mol. The van der Waals surface area contributed by atoms with E-state index in [9.17, 15) is 18.8 Å². The molecule has 1 N–H and O–H groups in total. The van der Waals surface area contributed by atoms with E-state index in [1.165, 1.54) is 12.1 Å². The molecule has 2 saturated heterocycles. The van der Waals surface area contributed by atoms with Crippen molar-refractivity contribution in [1.82, 2.24) is 9.80 Å². The molecule has 38 heavy (non-hydrogen) atoms. The highest BCUT2D eigenvalue weighted by Gasteiger charge is 2.28. The number of carbonyl (C=O) groups is 3. The molecule has 202 valence electrons. The zero-order chi connectivity index (χ0) is 26.5. The van der Waals surface area contributed by atoms with Gasteiger partial charge in [-0.1, -0.05) is 18.9 Å². The molecule has 0 radical (unpaired) electrons. The van der Waals surface area contributed by atoms with E-state index in [0.29, 0.717) is 43.0 Å². The summed E-state index contributed by atoms with van der Waals surface area (Å²) >= 11 is 0. The third-order valence-electron chi connectivity index (χ3n) is 8.06. The van der Waals surface area contributed by atoms with Crippen LogP contribution in [-0.2, 0) is 4.79 Å². The molecule has 1 aliphatic carbocycles. The van der Waals surface area contributed by atoms with Crippen LogP contribution in [0, 0.1) is 11.7 Å². The van der Waals surface area contributed by atoms with Gasteiger partial charge in [0.05, 0.1) is 5.56 Å². The monoisotopic (exact) mass is 520 g/mol. The van der Waals surface area contributed by atoms with Crippen molar-refractivity contribution in [3.63, 3.8) is 0 Å². The second-order valence-corrected chi connectivity index (χ2v) is 10.7. The topological polar surface area (TPSA) is 73.0 Å². The lowest BCUT2D eigenvalue weighted by atomic mass is 10.0. The molecule has 5 rings (SSSR count). The number of hydrogen-bond acceptors (Lipinski definition) is 4. The van der Waals surface area contributed by atoms with Crippen LogP contribution in [0.15, 0.2) is 42.5 Å². The maximum absolute atomic E-state index is 13.7. The fourth-order valence-electron chi connectivity index (χ4n) is 5.93. The number of hydrogen-bond donors (Lipinski definition) is 1. The van der Waals surface area contributed by atoms with Crippen molar-refractivity contribution in [2.75, 3.05) is 49.5 Å². The van der Waals surface area contributed by atoms with Crippen LogP contribution >= 0.6 is 0 Å². The van der Waals surface area contributed by atoms with Crippen molar-refractivity contribution in [3.8, 4) is 0 Å². The van der Waals surface area contributed by atoms with Crippen LogP contribution in [0.4, 0.5) is 15.8 Å². The van der Waals surface area contributed by atoms with Gasteiger partial charge in [0.1, 0.15) is 5.82 Å². The summed E-state index contributed by atoms with van der Waals surface area (Å²) in [5, 5.41) is 3.06. The predicted molar refractivity (Wildman–Crippen MR) is 146 cm³/mol. The second-order valence-electron chi connectivity index (χ2n) is 10.7. The average Bonchev–Trinajstić information content (AvgIpc) is 3.38. The number of anilines is 2. The summed E-state index contributed by atoms with van der Waals surface area (Å²) < 4.78 is 13.7. The number of nitrogens with one attached hydrogen (secondary N) is 1. The lowest BCUT2D eigenvalue weighted by Gasteiger charge is -2.31.